The van der Waals surface area contributed by atoms with Crippen LogP contribution < -0.4 is 5.32 Å². The summed E-state index contributed by atoms with van der Waals surface area (Å²) in [5.74, 6) is 1.93. The Morgan fingerprint density at radius 2 is 2.14 bits per heavy atom. The van der Waals surface area contributed by atoms with Gasteiger partial charge in [0.15, 0.2) is 0 Å². The first-order chi connectivity index (χ1) is 10.8. The van der Waals surface area contributed by atoms with Crippen LogP contribution in [-0.2, 0) is 4.74 Å². The van der Waals surface area contributed by atoms with Crippen LogP contribution in [0.3, 0.4) is 0 Å². The van der Waals surface area contributed by atoms with Crippen molar-refractivity contribution in [3.8, 4) is 0 Å². The molecule has 1 saturated carbocycles. The van der Waals surface area contributed by atoms with E-state index in [1.165, 1.54) is 44.9 Å². The molecule has 4 rings (SSSR count). The molecule has 0 saturated heterocycles. The van der Waals surface area contributed by atoms with Gasteiger partial charge >= 0.3 is 0 Å². The van der Waals surface area contributed by atoms with Crippen LogP contribution >= 0.6 is 0 Å². The fourth-order valence-corrected chi connectivity index (χ4v) is 4.31. The van der Waals surface area contributed by atoms with Gasteiger partial charge in [-0.25, -0.2) is 0 Å². The molecule has 2 heteroatoms. The number of rotatable bonds is 4. The molecule has 0 radical (unpaired) electrons. The highest BCUT2D eigenvalue weighted by Gasteiger charge is 2.41. The van der Waals surface area contributed by atoms with E-state index in [1.54, 1.807) is 23.8 Å². The van der Waals surface area contributed by atoms with Crippen LogP contribution in [0.25, 0.3) is 0 Å². The Labute approximate surface area is 134 Å². The first-order valence-corrected chi connectivity index (χ1v) is 8.94. The zero-order chi connectivity index (χ0) is 14.9. The summed E-state index contributed by atoms with van der Waals surface area (Å²) < 4.78 is 5.51. The molecule has 0 aliphatic heterocycles. The molecule has 2 unspecified atom stereocenters. The molecule has 0 amide bonds. The fourth-order valence-electron chi connectivity index (χ4n) is 4.31. The minimum absolute atomic E-state index is 0.553. The second-order valence-corrected chi connectivity index (χ2v) is 7.12. The van der Waals surface area contributed by atoms with Crippen LogP contribution in [0.5, 0.6) is 0 Å². The van der Waals surface area contributed by atoms with E-state index in [4.69, 9.17) is 4.74 Å². The van der Waals surface area contributed by atoms with Crippen molar-refractivity contribution in [1.29, 1.82) is 0 Å². The minimum atomic E-state index is 0.553. The predicted molar refractivity (Wildman–Crippen MR) is 90.5 cm³/mol. The molecule has 0 aromatic carbocycles. The molecule has 0 bridgehead atoms. The van der Waals surface area contributed by atoms with Gasteiger partial charge in [0.1, 0.15) is 0 Å². The quantitative estimate of drug-likeness (QED) is 0.829. The lowest BCUT2D eigenvalue weighted by Gasteiger charge is -2.31. The maximum atomic E-state index is 5.51. The summed E-state index contributed by atoms with van der Waals surface area (Å²) >= 11 is 0. The van der Waals surface area contributed by atoms with Crippen molar-refractivity contribution in [2.45, 2.75) is 63.5 Å². The lowest BCUT2D eigenvalue weighted by Crippen LogP contribution is -2.36. The van der Waals surface area contributed by atoms with Gasteiger partial charge in [-0.3, -0.25) is 0 Å². The number of nitrogens with one attached hydrogen (secondary N) is 1. The fraction of sp³-hybridized carbons (Fsp3) is 0.600. The Kier molecular flexibility index (Phi) is 3.96. The van der Waals surface area contributed by atoms with Gasteiger partial charge < -0.3 is 10.1 Å². The number of allylic oxidation sites excluding steroid dienone is 5. The van der Waals surface area contributed by atoms with Crippen molar-refractivity contribution in [2.75, 3.05) is 7.11 Å². The normalized spacial score (nSPS) is 34.0. The molecule has 1 N–H and O–H groups in total. The number of hydrogen-bond donors (Lipinski definition) is 1. The second-order valence-electron chi connectivity index (χ2n) is 7.12. The Morgan fingerprint density at radius 3 is 2.95 bits per heavy atom. The van der Waals surface area contributed by atoms with Crippen LogP contribution in [0.15, 0.2) is 46.8 Å². The zero-order valence-electron chi connectivity index (χ0n) is 13.6. The first-order valence-electron chi connectivity index (χ1n) is 8.94. The molecule has 0 spiro atoms. The molecule has 3 atom stereocenters. The summed E-state index contributed by atoms with van der Waals surface area (Å²) in [5, 5.41) is 3.95. The minimum Gasteiger partial charge on any atom is -0.501 e. The van der Waals surface area contributed by atoms with Crippen molar-refractivity contribution in [2.24, 2.45) is 5.92 Å². The lowest BCUT2D eigenvalue weighted by atomic mass is 9.82. The number of ether oxygens (including phenoxy) is 1. The summed E-state index contributed by atoms with van der Waals surface area (Å²) in [5.41, 5.74) is 4.80. The predicted octanol–water partition coefficient (Wildman–Crippen LogP) is 4.41. The van der Waals surface area contributed by atoms with Crippen molar-refractivity contribution in [3.63, 3.8) is 0 Å². The summed E-state index contributed by atoms with van der Waals surface area (Å²) in [6.07, 6.45) is 19.4. The van der Waals surface area contributed by atoms with Gasteiger partial charge in [-0.05, 0) is 62.2 Å². The molecule has 0 aromatic heterocycles. The molecule has 2 nitrogen and oxygen atoms in total. The average Bonchev–Trinajstić information content (AvgIpc) is 3.35. The molecular formula is C20H27NO. The molecule has 0 aromatic rings. The highest BCUT2D eigenvalue weighted by atomic mass is 16.5. The summed E-state index contributed by atoms with van der Waals surface area (Å²) in [6.45, 7) is 0. The van der Waals surface area contributed by atoms with Crippen molar-refractivity contribution < 1.29 is 4.74 Å². The van der Waals surface area contributed by atoms with Crippen molar-refractivity contribution in [3.05, 3.63) is 46.8 Å². The Balaban J connectivity index is 1.44. The van der Waals surface area contributed by atoms with E-state index in [2.05, 4.69) is 29.6 Å². The SMILES string of the molecule is COC1=CC2=C(CCCC2N[C@H]2CC2C2=CCCC=C2)CC1. The maximum Gasteiger partial charge on any atom is 0.0961 e. The van der Waals surface area contributed by atoms with Gasteiger partial charge in [-0.1, -0.05) is 23.8 Å². The molecule has 22 heavy (non-hydrogen) atoms. The average molecular weight is 297 g/mol. The molecule has 1 fully saturated rings. The van der Waals surface area contributed by atoms with E-state index in [9.17, 15) is 0 Å². The lowest BCUT2D eigenvalue weighted by molar-refractivity contribution is 0.272. The van der Waals surface area contributed by atoms with Crippen LogP contribution in [0.2, 0.25) is 0 Å². The smallest absolute Gasteiger partial charge is 0.0961 e. The van der Waals surface area contributed by atoms with Gasteiger partial charge in [0.05, 0.1) is 12.9 Å². The third-order valence-corrected chi connectivity index (χ3v) is 5.66. The number of methoxy groups -OCH3 is 1. The number of hydrogen-bond acceptors (Lipinski definition) is 2. The highest BCUT2D eigenvalue weighted by molar-refractivity contribution is 5.39. The van der Waals surface area contributed by atoms with Crippen molar-refractivity contribution >= 4 is 0 Å². The van der Waals surface area contributed by atoms with E-state index in [0.717, 1.165) is 18.1 Å². The van der Waals surface area contributed by atoms with Gasteiger partial charge in [0.25, 0.3) is 0 Å². The summed E-state index contributed by atoms with van der Waals surface area (Å²) in [7, 11) is 1.81. The standard InChI is InChI=1S/C20H27NO/c1-22-16-11-10-15-8-5-9-19(17(15)12-16)21-20-13-18(20)14-6-3-2-4-7-14/h3,6-7,12,18-21H,2,4-5,8-11,13H2,1H3/t18?,19?,20-/m0/s1. The highest BCUT2D eigenvalue weighted by Crippen LogP contribution is 2.42. The Hall–Kier alpha value is -1.28. The second kappa shape index (κ2) is 6.08. The third kappa shape index (κ3) is 2.81. The summed E-state index contributed by atoms with van der Waals surface area (Å²) in [4.78, 5) is 0. The molecule has 118 valence electrons. The van der Waals surface area contributed by atoms with E-state index < -0.39 is 0 Å². The molecule has 0 heterocycles. The van der Waals surface area contributed by atoms with Crippen LogP contribution in [-0.4, -0.2) is 19.2 Å². The van der Waals surface area contributed by atoms with E-state index in [-0.39, 0.29) is 0 Å². The van der Waals surface area contributed by atoms with Gasteiger partial charge in [-0.15, -0.1) is 0 Å². The Morgan fingerprint density at radius 1 is 1.18 bits per heavy atom. The van der Waals surface area contributed by atoms with Crippen LogP contribution in [0.1, 0.15) is 51.4 Å². The largest absolute Gasteiger partial charge is 0.501 e. The van der Waals surface area contributed by atoms with Gasteiger partial charge in [-0.2, -0.15) is 0 Å². The molecule has 4 aliphatic carbocycles. The third-order valence-electron chi connectivity index (χ3n) is 5.66. The van der Waals surface area contributed by atoms with Crippen LogP contribution in [0, 0.1) is 5.92 Å². The van der Waals surface area contributed by atoms with E-state index in [1.807, 2.05) is 0 Å². The first kappa shape index (κ1) is 14.3. The monoisotopic (exact) mass is 297 g/mol. The van der Waals surface area contributed by atoms with E-state index >= 15 is 0 Å². The molecule has 4 aliphatic rings. The maximum absolute atomic E-state index is 5.51. The summed E-state index contributed by atoms with van der Waals surface area (Å²) in [6, 6.07) is 1.24. The van der Waals surface area contributed by atoms with Gasteiger partial charge in [0, 0.05) is 24.4 Å². The Bertz CT molecular complexity index is 566. The van der Waals surface area contributed by atoms with Gasteiger partial charge in [0.2, 0.25) is 0 Å². The van der Waals surface area contributed by atoms with E-state index in [0.29, 0.717) is 12.1 Å². The zero-order valence-corrected chi connectivity index (χ0v) is 13.6. The molecular weight excluding hydrogens is 270 g/mol. The topological polar surface area (TPSA) is 21.3 Å². The van der Waals surface area contributed by atoms with Crippen molar-refractivity contribution in [1.82, 2.24) is 5.32 Å². The van der Waals surface area contributed by atoms with Crippen LogP contribution in [0.4, 0.5) is 0 Å².